The zero-order valence-electron chi connectivity index (χ0n) is 10.4. The molecule has 0 heterocycles. The Hall–Kier alpha value is -1.14. The predicted octanol–water partition coefficient (Wildman–Crippen LogP) is 3.32. The van der Waals surface area contributed by atoms with Crippen LogP contribution >= 0.6 is 15.9 Å². The Bertz CT molecular complexity index is 439. The second-order valence-corrected chi connectivity index (χ2v) is 5.35. The molecule has 1 aromatic carbocycles. The third-order valence-electron chi connectivity index (χ3n) is 3.04. The SMILES string of the molecule is CCC(C)(CCO)Nc1cc(Br)ccc1[N+](=O)[O-]. The number of aliphatic hydroxyl groups excluding tert-OH is 1. The number of halogens is 1. The molecule has 1 rings (SSSR count). The van der Waals surface area contributed by atoms with Crippen molar-refractivity contribution in [2.75, 3.05) is 11.9 Å². The highest BCUT2D eigenvalue weighted by Crippen LogP contribution is 2.32. The van der Waals surface area contributed by atoms with Gasteiger partial charge in [0.05, 0.1) is 4.92 Å². The van der Waals surface area contributed by atoms with Crippen LogP contribution in [-0.2, 0) is 0 Å². The van der Waals surface area contributed by atoms with Crippen LogP contribution in [0, 0.1) is 10.1 Å². The molecule has 0 bridgehead atoms. The first kappa shape index (κ1) is 14.9. The first-order valence-electron chi connectivity index (χ1n) is 5.75. The highest BCUT2D eigenvalue weighted by Gasteiger charge is 2.25. The molecular weight excluding hydrogens is 300 g/mol. The van der Waals surface area contributed by atoms with Gasteiger partial charge in [0, 0.05) is 22.7 Å². The van der Waals surface area contributed by atoms with E-state index < -0.39 is 4.92 Å². The second-order valence-electron chi connectivity index (χ2n) is 4.43. The highest BCUT2D eigenvalue weighted by molar-refractivity contribution is 9.10. The van der Waals surface area contributed by atoms with E-state index in [-0.39, 0.29) is 17.8 Å². The van der Waals surface area contributed by atoms with Crippen molar-refractivity contribution in [3.05, 3.63) is 32.8 Å². The largest absolute Gasteiger partial charge is 0.396 e. The van der Waals surface area contributed by atoms with Gasteiger partial charge in [-0.2, -0.15) is 0 Å². The molecule has 100 valence electrons. The third-order valence-corrected chi connectivity index (χ3v) is 3.53. The van der Waals surface area contributed by atoms with Crippen molar-refractivity contribution < 1.29 is 10.0 Å². The molecule has 5 nitrogen and oxygen atoms in total. The van der Waals surface area contributed by atoms with Crippen molar-refractivity contribution in [2.45, 2.75) is 32.2 Å². The quantitative estimate of drug-likeness (QED) is 0.623. The maximum absolute atomic E-state index is 11.0. The van der Waals surface area contributed by atoms with E-state index >= 15 is 0 Å². The van der Waals surface area contributed by atoms with Crippen LogP contribution in [0.3, 0.4) is 0 Å². The van der Waals surface area contributed by atoms with Crippen LogP contribution < -0.4 is 5.32 Å². The van der Waals surface area contributed by atoms with E-state index in [0.717, 1.165) is 10.9 Å². The molecule has 1 unspecified atom stereocenters. The summed E-state index contributed by atoms with van der Waals surface area (Å²) in [6.45, 7) is 3.96. The lowest BCUT2D eigenvalue weighted by atomic mass is 9.94. The van der Waals surface area contributed by atoms with Gasteiger partial charge in [-0.05, 0) is 31.9 Å². The molecule has 0 aliphatic heterocycles. The number of hydrogen-bond acceptors (Lipinski definition) is 4. The van der Waals surface area contributed by atoms with E-state index in [1.165, 1.54) is 6.07 Å². The summed E-state index contributed by atoms with van der Waals surface area (Å²) in [6, 6.07) is 4.78. The first-order chi connectivity index (χ1) is 8.41. The number of anilines is 1. The predicted molar refractivity (Wildman–Crippen MR) is 74.8 cm³/mol. The number of nitro groups is 1. The molecule has 18 heavy (non-hydrogen) atoms. The van der Waals surface area contributed by atoms with Crippen LogP contribution in [0.1, 0.15) is 26.7 Å². The summed E-state index contributed by atoms with van der Waals surface area (Å²) in [6.07, 6.45) is 1.30. The van der Waals surface area contributed by atoms with E-state index in [0.29, 0.717) is 12.1 Å². The number of hydrogen-bond donors (Lipinski definition) is 2. The van der Waals surface area contributed by atoms with Gasteiger partial charge in [-0.3, -0.25) is 10.1 Å². The van der Waals surface area contributed by atoms with Crippen LogP contribution in [-0.4, -0.2) is 22.2 Å². The number of nitro benzene ring substituents is 1. The average Bonchev–Trinajstić information content (AvgIpc) is 2.29. The molecule has 0 saturated carbocycles. The minimum Gasteiger partial charge on any atom is -0.396 e. The van der Waals surface area contributed by atoms with Gasteiger partial charge >= 0.3 is 0 Å². The van der Waals surface area contributed by atoms with E-state index in [4.69, 9.17) is 5.11 Å². The Morgan fingerprint density at radius 1 is 1.56 bits per heavy atom. The fourth-order valence-corrected chi connectivity index (χ4v) is 2.03. The number of benzene rings is 1. The fourth-order valence-electron chi connectivity index (χ4n) is 1.67. The van der Waals surface area contributed by atoms with Crippen LogP contribution in [0.4, 0.5) is 11.4 Å². The minimum absolute atomic E-state index is 0.0378. The molecule has 0 amide bonds. The van der Waals surface area contributed by atoms with Crippen LogP contribution in [0.25, 0.3) is 0 Å². The lowest BCUT2D eigenvalue weighted by molar-refractivity contribution is -0.384. The van der Waals surface area contributed by atoms with Crippen LogP contribution in [0.15, 0.2) is 22.7 Å². The monoisotopic (exact) mass is 316 g/mol. The molecule has 0 spiro atoms. The molecule has 6 heteroatoms. The van der Waals surface area contributed by atoms with Crippen molar-refractivity contribution in [1.82, 2.24) is 0 Å². The second kappa shape index (κ2) is 6.15. The summed E-state index contributed by atoms with van der Waals surface area (Å²) >= 11 is 3.30. The number of nitrogens with one attached hydrogen (secondary N) is 1. The number of rotatable bonds is 6. The van der Waals surface area contributed by atoms with Gasteiger partial charge < -0.3 is 10.4 Å². The van der Waals surface area contributed by atoms with Crippen molar-refractivity contribution in [3.63, 3.8) is 0 Å². The normalized spacial score (nSPS) is 14.0. The molecule has 0 aromatic heterocycles. The summed E-state index contributed by atoms with van der Waals surface area (Å²) in [5.74, 6) is 0. The van der Waals surface area contributed by atoms with E-state index in [9.17, 15) is 10.1 Å². The van der Waals surface area contributed by atoms with E-state index in [1.54, 1.807) is 12.1 Å². The molecule has 0 aliphatic carbocycles. The molecule has 1 aromatic rings. The Balaban J connectivity index is 3.08. The van der Waals surface area contributed by atoms with Crippen LogP contribution in [0.5, 0.6) is 0 Å². The maximum atomic E-state index is 11.0. The zero-order valence-corrected chi connectivity index (χ0v) is 12.0. The third kappa shape index (κ3) is 3.68. The van der Waals surface area contributed by atoms with Gasteiger partial charge in [0.15, 0.2) is 0 Å². The summed E-state index contributed by atoms with van der Waals surface area (Å²) in [5.41, 5.74) is 0.142. The van der Waals surface area contributed by atoms with E-state index in [2.05, 4.69) is 21.2 Å². The molecule has 0 fully saturated rings. The van der Waals surface area contributed by atoms with Gasteiger partial charge in [0.2, 0.25) is 0 Å². The van der Waals surface area contributed by atoms with Gasteiger partial charge in [-0.1, -0.05) is 22.9 Å². The Morgan fingerprint density at radius 3 is 2.72 bits per heavy atom. The lowest BCUT2D eigenvalue weighted by Gasteiger charge is -2.30. The molecule has 0 saturated heterocycles. The standard InChI is InChI=1S/C12H17BrN2O3/c1-3-12(2,6-7-16)14-10-8-9(13)4-5-11(10)15(17)18/h4-5,8,14,16H,3,6-7H2,1-2H3. The van der Waals surface area contributed by atoms with Gasteiger partial charge in [0.25, 0.3) is 5.69 Å². The topological polar surface area (TPSA) is 75.4 Å². The summed E-state index contributed by atoms with van der Waals surface area (Å²) in [4.78, 5) is 10.6. The highest BCUT2D eigenvalue weighted by atomic mass is 79.9. The fraction of sp³-hybridized carbons (Fsp3) is 0.500. The summed E-state index contributed by atoms with van der Waals surface area (Å²) < 4.78 is 0.776. The van der Waals surface area contributed by atoms with E-state index in [1.807, 2.05) is 13.8 Å². The molecular formula is C12H17BrN2O3. The molecule has 0 radical (unpaired) electrons. The maximum Gasteiger partial charge on any atom is 0.292 e. The van der Waals surface area contributed by atoms with Gasteiger partial charge in [-0.15, -0.1) is 0 Å². The minimum atomic E-state index is -0.413. The Labute approximate surface area is 114 Å². The Morgan fingerprint density at radius 2 is 2.22 bits per heavy atom. The zero-order chi connectivity index (χ0) is 13.8. The van der Waals surface area contributed by atoms with Crippen LogP contribution in [0.2, 0.25) is 0 Å². The molecule has 1 atom stereocenters. The van der Waals surface area contributed by atoms with Crippen molar-refractivity contribution in [1.29, 1.82) is 0 Å². The van der Waals surface area contributed by atoms with Crippen molar-refractivity contribution in [2.24, 2.45) is 0 Å². The average molecular weight is 317 g/mol. The summed E-state index contributed by atoms with van der Waals surface area (Å²) in [7, 11) is 0. The van der Waals surface area contributed by atoms with Crippen molar-refractivity contribution >= 4 is 27.3 Å². The van der Waals surface area contributed by atoms with Gasteiger partial charge in [-0.25, -0.2) is 0 Å². The Kier molecular flexibility index (Phi) is 5.10. The molecule has 0 aliphatic rings. The first-order valence-corrected chi connectivity index (χ1v) is 6.54. The molecule has 2 N–H and O–H groups in total. The number of aliphatic hydroxyl groups is 1. The lowest BCUT2D eigenvalue weighted by Crippen LogP contribution is -2.35. The number of nitrogens with zero attached hydrogens (tertiary/aromatic N) is 1. The smallest absolute Gasteiger partial charge is 0.292 e. The van der Waals surface area contributed by atoms with Gasteiger partial charge in [0.1, 0.15) is 5.69 Å². The van der Waals surface area contributed by atoms with Crippen molar-refractivity contribution in [3.8, 4) is 0 Å². The summed E-state index contributed by atoms with van der Waals surface area (Å²) in [5, 5.41) is 23.2.